The van der Waals surface area contributed by atoms with Gasteiger partial charge in [0.2, 0.25) is 0 Å². The summed E-state index contributed by atoms with van der Waals surface area (Å²) in [5.41, 5.74) is 3.53. The number of hydrogen-bond donors (Lipinski definition) is 2. The van der Waals surface area contributed by atoms with Gasteiger partial charge in [-0.3, -0.25) is 9.55 Å². The van der Waals surface area contributed by atoms with E-state index in [2.05, 4.69) is 40.1 Å². The van der Waals surface area contributed by atoms with Crippen LogP contribution in [0.4, 0.5) is 5.82 Å². The van der Waals surface area contributed by atoms with Crippen LogP contribution in [-0.4, -0.2) is 69.3 Å². The molecule has 0 spiro atoms. The Morgan fingerprint density at radius 3 is 2.67 bits per heavy atom. The van der Waals surface area contributed by atoms with Gasteiger partial charge in [0.1, 0.15) is 11.6 Å². The number of nitrogens with zero attached hydrogens (tertiary/aromatic N) is 5. The Hall–Kier alpha value is -3.49. The maximum atomic E-state index is 13.7. The number of aromatic hydroxyl groups is 1. The van der Waals surface area contributed by atoms with Gasteiger partial charge in [-0.2, -0.15) is 4.98 Å². The number of hydrogen-bond acceptors (Lipinski definition) is 7. The van der Waals surface area contributed by atoms with Crippen molar-refractivity contribution in [3.8, 4) is 17.0 Å². The Morgan fingerprint density at radius 2 is 1.92 bits per heavy atom. The van der Waals surface area contributed by atoms with Crippen LogP contribution in [0.15, 0.2) is 47.4 Å². The molecule has 3 aliphatic heterocycles. The molecule has 3 saturated heterocycles. The molecule has 39 heavy (non-hydrogen) atoms. The van der Waals surface area contributed by atoms with Crippen molar-refractivity contribution < 1.29 is 5.11 Å². The van der Waals surface area contributed by atoms with Crippen LogP contribution < -0.4 is 15.9 Å². The van der Waals surface area contributed by atoms with Crippen molar-refractivity contribution in [2.75, 3.05) is 31.6 Å². The zero-order valence-electron chi connectivity index (χ0n) is 22.7. The molecule has 2 unspecified atom stereocenters. The van der Waals surface area contributed by atoms with Gasteiger partial charge >= 0.3 is 5.69 Å². The molecule has 2 bridgehead atoms. The topological polar surface area (TPSA) is 86.5 Å². The van der Waals surface area contributed by atoms with E-state index in [1.54, 1.807) is 6.07 Å². The minimum Gasteiger partial charge on any atom is -0.508 e. The first-order valence-electron chi connectivity index (χ1n) is 14.4. The number of likely N-dealkylation sites (tertiary alicyclic amines) is 1. The molecule has 0 saturated carbocycles. The number of nitrogens with one attached hydrogen (secondary N) is 1. The van der Waals surface area contributed by atoms with Gasteiger partial charge in [-0.1, -0.05) is 25.1 Å². The number of aryl methyl sites for hydroxylation is 1. The monoisotopic (exact) mass is 524 g/mol. The van der Waals surface area contributed by atoms with E-state index in [9.17, 15) is 9.90 Å². The van der Waals surface area contributed by atoms with Crippen molar-refractivity contribution in [2.45, 2.75) is 63.7 Å². The minimum atomic E-state index is -0.198. The van der Waals surface area contributed by atoms with Gasteiger partial charge in [-0.05, 0) is 80.2 Å². The number of rotatable bonds is 5. The van der Waals surface area contributed by atoms with Crippen LogP contribution in [0.25, 0.3) is 32.9 Å². The van der Waals surface area contributed by atoms with Crippen molar-refractivity contribution in [2.24, 2.45) is 0 Å². The van der Waals surface area contributed by atoms with E-state index in [1.165, 1.54) is 5.56 Å². The van der Waals surface area contributed by atoms with Gasteiger partial charge in [0.25, 0.3) is 0 Å². The Labute approximate surface area is 228 Å². The quantitative estimate of drug-likeness (QED) is 0.409. The zero-order chi connectivity index (χ0) is 26.7. The Bertz CT molecular complexity index is 1620. The SMILES string of the molecule is CCc1cccc2cc(O)cc(-c3cc4c(cn3)c(N3CC5CCC(C3)N5)nc(=O)n4C[C@@H]3CCCN3C)c12. The molecule has 2 aromatic carbocycles. The highest BCUT2D eigenvalue weighted by Gasteiger charge is 2.34. The molecule has 3 aliphatic rings. The fourth-order valence-corrected chi connectivity index (χ4v) is 7.10. The van der Waals surface area contributed by atoms with E-state index >= 15 is 0 Å². The van der Waals surface area contributed by atoms with Crippen molar-refractivity contribution in [3.05, 3.63) is 58.6 Å². The number of fused-ring (bicyclic) bond motifs is 4. The normalized spacial score (nSPS) is 23.3. The third-order valence-corrected chi connectivity index (χ3v) is 9.13. The molecule has 5 heterocycles. The summed E-state index contributed by atoms with van der Waals surface area (Å²) in [6, 6.07) is 13.0. The summed E-state index contributed by atoms with van der Waals surface area (Å²) in [5.74, 6) is 0.961. The number of phenols is 1. The highest BCUT2D eigenvalue weighted by molar-refractivity contribution is 6.01. The Morgan fingerprint density at radius 1 is 1.10 bits per heavy atom. The highest BCUT2D eigenvalue weighted by atomic mass is 16.3. The number of phenolic OH excluding ortho intramolecular Hbond substituents is 1. The molecule has 2 aromatic heterocycles. The molecule has 7 rings (SSSR count). The lowest BCUT2D eigenvalue weighted by Gasteiger charge is -2.34. The van der Waals surface area contributed by atoms with E-state index < -0.39 is 0 Å². The molecule has 0 amide bonds. The summed E-state index contributed by atoms with van der Waals surface area (Å²) >= 11 is 0. The van der Waals surface area contributed by atoms with Crippen molar-refractivity contribution >= 4 is 27.5 Å². The third-order valence-electron chi connectivity index (χ3n) is 9.13. The summed E-state index contributed by atoms with van der Waals surface area (Å²) in [5, 5.41) is 17.3. The van der Waals surface area contributed by atoms with Crippen LogP contribution in [0.3, 0.4) is 0 Å². The lowest BCUT2D eigenvalue weighted by molar-refractivity contribution is 0.281. The predicted molar refractivity (Wildman–Crippen MR) is 156 cm³/mol. The minimum absolute atomic E-state index is 0.198. The summed E-state index contributed by atoms with van der Waals surface area (Å²) in [4.78, 5) is 28.0. The standard InChI is InChI=1S/C31H36N6O2/c1-3-19-6-4-7-20-12-24(38)13-25(29(19)20)27-14-28-26(15-32-27)30(36-16-21-9-10-22(17-36)33-21)34-31(39)37(28)18-23-8-5-11-35(23)2/h4,6-7,12-15,21-23,33,38H,3,5,8-11,16-18H2,1-2H3/t21?,22?,23-/m0/s1. The zero-order valence-corrected chi connectivity index (χ0v) is 22.7. The van der Waals surface area contributed by atoms with Gasteiger partial charge in [-0.15, -0.1) is 0 Å². The first-order valence-corrected chi connectivity index (χ1v) is 14.4. The van der Waals surface area contributed by atoms with E-state index in [4.69, 9.17) is 4.98 Å². The van der Waals surface area contributed by atoms with Crippen molar-refractivity contribution in [1.82, 2.24) is 24.8 Å². The maximum absolute atomic E-state index is 13.7. The van der Waals surface area contributed by atoms with E-state index in [-0.39, 0.29) is 11.4 Å². The molecule has 8 nitrogen and oxygen atoms in total. The summed E-state index contributed by atoms with van der Waals surface area (Å²) in [7, 11) is 2.14. The van der Waals surface area contributed by atoms with E-state index in [0.717, 1.165) is 90.5 Å². The van der Waals surface area contributed by atoms with Gasteiger partial charge in [0.15, 0.2) is 0 Å². The largest absolute Gasteiger partial charge is 0.508 e. The molecular weight excluding hydrogens is 488 g/mol. The number of piperazine rings is 1. The number of benzene rings is 2. The Balaban J connectivity index is 1.44. The molecule has 8 heteroatoms. The van der Waals surface area contributed by atoms with Crippen molar-refractivity contribution in [3.63, 3.8) is 0 Å². The maximum Gasteiger partial charge on any atom is 0.350 e. The average molecular weight is 525 g/mol. The number of aromatic nitrogens is 3. The molecule has 3 atom stereocenters. The van der Waals surface area contributed by atoms with Gasteiger partial charge in [-0.25, -0.2) is 4.79 Å². The second-order valence-corrected chi connectivity index (χ2v) is 11.6. The number of anilines is 1. The first-order chi connectivity index (χ1) is 19.0. The molecular formula is C31H36N6O2. The van der Waals surface area contributed by atoms with Crippen LogP contribution >= 0.6 is 0 Å². The summed E-state index contributed by atoms with van der Waals surface area (Å²) in [6.07, 6.45) is 7.32. The predicted octanol–water partition coefficient (Wildman–Crippen LogP) is 3.91. The molecule has 202 valence electrons. The van der Waals surface area contributed by atoms with Gasteiger partial charge in [0.05, 0.1) is 16.6 Å². The summed E-state index contributed by atoms with van der Waals surface area (Å²) < 4.78 is 1.86. The smallest absolute Gasteiger partial charge is 0.350 e. The highest BCUT2D eigenvalue weighted by Crippen LogP contribution is 2.36. The second kappa shape index (κ2) is 9.61. The number of likely N-dealkylation sites (N-methyl/N-ethyl adjacent to an activating group) is 1. The fourth-order valence-electron chi connectivity index (χ4n) is 7.10. The lowest BCUT2D eigenvalue weighted by Crippen LogP contribution is -2.52. The van der Waals surface area contributed by atoms with E-state index in [1.807, 2.05) is 35.0 Å². The molecule has 0 radical (unpaired) electrons. The molecule has 4 aromatic rings. The molecule has 2 N–H and O–H groups in total. The summed E-state index contributed by atoms with van der Waals surface area (Å²) in [6.45, 7) is 5.51. The first kappa shape index (κ1) is 24.5. The van der Waals surface area contributed by atoms with Crippen LogP contribution in [-0.2, 0) is 13.0 Å². The second-order valence-electron chi connectivity index (χ2n) is 11.6. The third kappa shape index (κ3) is 4.26. The van der Waals surface area contributed by atoms with Crippen LogP contribution in [0.1, 0.15) is 38.2 Å². The van der Waals surface area contributed by atoms with Crippen LogP contribution in [0.5, 0.6) is 5.75 Å². The Kier molecular flexibility index (Phi) is 6.05. The molecule has 3 fully saturated rings. The van der Waals surface area contributed by atoms with Gasteiger partial charge < -0.3 is 20.2 Å². The molecule has 0 aliphatic carbocycles. The van der Waals surface area contributed by atoms with Gasteiger partial charge in [0, 0.05) is 49.5 Å². The van der Waals surface area contributed by atoms with Crippen LogP contribution in [0.2, 0.25) is 0 Å². The van der Waals surface area contributed by atoms with E-state index in [0.29, 0.717) is 24.7 Å². The lowest BCUT2D eigenvalue weighted by atomic mass is 9.95. The number of pyridine rings is 1. The van der Waals surface area contributed by atoms with Crippen LogP contribution in [0, 0.1) is 0 Å². The fraction of sp³-hybridized carbons (Fsp3) is 0.452. The average Bonchev–Trinajstić information content (AvgIpc) is 3.51. The van der Waals surface area contributed by atoms with Crippen molar-refractivity contribution in [1.29, 1.82) is 0 Å².